The second-order valence-corrected chi connectivity index (χ2v) is 4.29. The van der Waals surface area contributed by atoms with E-state index in [1.165, 1.54) is 18.2 Å². The van der Waals surface area contributed by atoms with Crippen LogP contribution >= 0.6 is 15.9 Å². The Labute approximate surface area is 99.3 Å². The van der Waals surface area contributed by atoms with Gasteiger partial charge in [0, 0.05) is 10.2 Å². The lowest BCUT2D eigenvalue weighted by Gasteiger charge is -2.12. The fourth-order valence-corrected chi connectivity index (χ4v) is 1.93. The van der Waals surface area contributed by atoms with Gasteiger partial charge < -0.3 is 5.32 Å². The smallest absolute Gasteiger partial charge is 0.249 e. The Bertz CT molecular complexity index is 464. The van der Waals surface area contributed by atoms with Gasteiger partial charge in [0.25, 0.3) is 0 Å². The van der Waals surface area contributed by atoms with Crippen molar-refractivity contribution < 1.29 is 14.0 Å². The number of hydrogen-bond donors (Lipinski definition) is 2. The molecule has 1 atom stereocenters. The average Bonchev–Trinajstić information content (AvgIpc) is 2.50. The monoisotopic (exact) mass is 286 g/mol. The minimum absolute atomic E-state index is 0.0999. The van der Waals surface area contributed by atoms with Gasteiger partial charge >= 0.3 is 0 Å². The molecule has 2 amide bonds. The van der Waals surface area contributed by atoms with Crippen LogP contribution in [0.25, 0.3) is 0 Å². The fourth-order valence-electron chi connectivity index (χ4n) is 1.46. The molecule has 0 aromatic heterocycles. The van der Waals surface area contributed by atoms with E-state index in [0.29, 0.717) is 10.2 Å². The normalized spacial score (nSPS) is 19.8. The molecule has 0 saturated carbocycles. The van der Waals surface area contributed by atoms with Crippen LogP contribution in [0.2, 0.25) is 0 Å². The van der Waals surface area contributed by atoms with Gasteiger partial charge in [0.05, 0.1) is 6.42 Å². The minimum atomic E-state index is -0.589. The minimum Gasteiger partial charge on any atom is -0.372 e. The van der Waals surface area contributed by atoms with Gasteiger partial charge in [0.15, 0.2) is 0 Å². The molecule has 6 heteroatoms. The van der Waals surface area contributed by atoms with Crippen LogP contribution in [0.1, 0.15) is 6.42 Å². The molecule has 1 aromatic rings. The second-order valence-electron chi connectivity index (χ2n) is 3.44. The van der Waals surface area contributed by atoms with Gasteiger partial charge in [-0.2, -0.15) is 0 Å². The molecule has 1 aliphatic heterocycles. The van der Waals surface area contributed by atoms with Crippen molar-refractivity contribution in [3.63, 3.8) is 0 Å². The van der Waals surface area contributed by atoms with Crippen molar-refractivity contribution in [3.8, 4) is 0 Å². The van der Waals surface area contributed by atoms with E-state index in [0.717, 1.165) is 0 Å². The van der Waals surface area contributed by atoms with Crippen LogP contribution in [0.3, 0.4) is 0 Å². The zero-order chi connectivity index (χ0) is 11.7. The quantitative estimate of drug-likeness (QED) is 0.809. The van der Waals surface area contributed by atoms with Crippen molar-refractivity contribution in [1.82, 2.24) is 5.32 Å². The van der Waals surface area contributed by atoms with E-state index in [1.807, 2.05) is 0 Å². The topological polar surface area (TPSA) is 58.2 Å². The van der Waals surface area contributed by atoms with Crippen LogP contribution < -0.4 is 10.6 Å². The van der Waals surface area contributed by atoms with Crippen molar-refractivity contribution >= 4 is 33.4 Å². The molecular formula is C10H8BrFN2O2. The Kier molecular flexibility index (Phi) is 2.91. The molecule has 1 aliphatic rings. The highest BCUT2D eigenvalue weighted by molar-refractivity contribution is 9.10. The summed E-state index contributed by atoms with van der Waals surface area (Å²) in [6, 6.07) is 3.49. The number of carbonyl (C=O) groups is 2. The molecule has 4 nitrogen and oxygen atoms in total. The van der Waals surface area contributed by atoms with Crippen LogP contribution in [0.15, 0.2) is 22.7 Å². The molecule has 0 aliphatic carbocycles. The van der Waals surface area contributed by atoms with Crippen molar-refractivity contribution in [1.29, 1.82) is 0 Å². The predicted octanol–water partition coefficient (Wildman–Crippen LogP) is 1.42. The molecule has 2 rings (SSSR count). The summed E-state index contributed by atoms with van der Waals surface area (Å²) >= 11 is 3.17. The Morgan fingerprint density at radius 3 is 2.75 bits per heavy atom. The van der Waals surface area contributed by atoms with Crippen molar-refractivity contribution in [2.45, 2.75) is 12.5 Å². The van der Waals surface area contributed by atoms with Crippen molar-refractivity contribution in [3.05, 3.63) is 28.5 Å². The first-order chi connectivity index (χ1) is 7.56. The first-order valence-electron chi connectivity index (χ1n) is 4.61. The van der Waals surface area contributed by atoms with E-state index in [-0.39, 0.29) is 24.1 Å². The van der Waals surface area contributed by atoms with Crippen LogP contribution in [0.5, 0.6) is 0 Å². The maximum atomic E-state index is 12.8. The van der Waals surface area contributed by atoms with Gasteiger partial charge in [0.2, 0.25) is 11.8 Å². The summed E-state index contributed by atoms with van der Waals surface area (Å²) in [7, 11) is 0. The number of carbonyl (C=O) groups excluding carboxylic acids is 2. The standard InChI is InChI=1S/C10H8BrFN2O2/c11-6-3-5(12)1-2-7(6)13-8-4-9(15)14-10(8)16/h1-3,8,13H,4H2,(H,14,15,16). The molecule has 16 heavy (non-hydrogen) atoms. The zero-order valence-electron chi connectivity index (χ0n) is 8.09. The Morgan fingerprint density at radius 1 is 1.44 bits per heavy atom. The number of amides is 2. The molecular weight excluding hydrogens is 279 g/mol. The van der Waals surface area contributed by atoms with Gasteiger partial charge in [-0.25, -0.2) is 4.39 Å². The lowest BCUT2D eigenvalue weighted by molar-refractivity contribution is -0.124. The van der Waals surface area contributed by atoms with Gasteiger partial charge in [-0.15, -0.1) is 0 Å². The Balaban J connectivity index is 2.15. The number of benzene rings is 1. The number of halogens is 2. The first-order valence-corrected chi connectivity index (χ1v) is 5.41. The summed E-state index contributed by atoms with van der Waals surface area (Å²) < 4.78 is 13.3. The summed E-state index contributed by atoms with van der Waals surface area (Å²) in [5.74, 6) is -1.04. The Hall–Kier alpha value is -1.43. The molecule has 0 radical (unpaired) electrons. The van der Waals surface area contributed by atoms with Crippen LogP contribution in [0, 0.1) is 5.82 Å². The van der Waals surface area contributed by atoms with Crippen molar-refractivity contribution in [2.24, 2.45) is 0 Å². The molecule has 84 valence electrons. The zero-order valence-corrected chi connectivity index (χ0v) is 9.67. The third kappa shape index (κ3) is 2.21. The molecule has 0 bridgehead atoms. The number of rotatable bonds is 2. The molecule has 0 spiro atoms. The third-order valence-corrected chi connectivity index (χ3v) is 2.89. The van der Waals surface area contributed by atoms with E-state index < -0.39 is 6.04 Å². The predicted molar refractivity (Wildman–Crippen MR) is 59.3 cm³/mol. The summed E-state index contributed by atoms with van der Waals surface area (Å²) in [5.41, 5.74) is 0.580. The summed E-state index contributed by atoms with van der Waals surface area (Å²) in [6.45, 7) is 0. The molecule has 2 N–H and O–H groups in total. The molecule has 1 aromatic carbocycles. The van der Waals surface area contributed by atoms with E-state index >= 15 is 0 Å². The molecule has 1 unspecified atom stereocenters. The Morgan fingerprint density at radius 2 is 2.19 bits per heavy atom. The van der Waals surface area contributed by atoms with E-state index in [4.69, 9.17) is 0 Å². The summed E-state index contributed by atoms with van der Waals surface area (Å²) in [6.07, 6.45) is 0.0999. The summed E-state index contributed by atoms with van der Waals surface area (Å²) in [4.78, 5) is 22.2. The van der Waals surface area contributed by atoms with Gasteiger partial charge in [-0.3, -0.25) is 14.9 Å². The van der Waals surface area contributed by atoms with E-state index in [2.05, 4.69) is 26.6 Å². The SMILES string of the molecule is O=C1CC(Nc2ccc(F)cc2Br)C(=O)N1. The largest absolute Gasteiger partial charge is 0.372 e. The fraction of sp³-hybridized carbons (Fsp3) is 0.200. The van der Waals surface area contributed by atoms with Gasteiger partial charge in [-0.05, 0) is 34.1 Å². The third-order valence-electron chi connectivity index (χ3n) is 2.23. The number of hydrogen-bond acceptors (Lipinski definition) is 3. The molecule has 1 fully saturated rings. The number of anilines is 1. The van der Waals surface area contributed by atoms with E-state index in [9.17, 15) is 14.0 Å². The maximum Gasteiger partial charge on any atom is 0.249 e. The first kappa shape index (κ1) is 11.1. The lowest BCUT2D eigenvalue weighted by Crippen LogP contribution is -2.30. The lowest BCUT2D eigenvalue weighted by atomic mass is 10.2. The molecule has 1 saturated heterocycles. The van der Waals surface area contributed by atoms with Crippen LogP contribution in [0.4, 0.5) is 10.1 Å². The second kappa shape index (κ2) is 4.21. The van der Waals surface area contributed by atoms with E-state index in [1.54, 1.807) is 0 Å². The highest BCUT2D eigenvalue weighted by Gasteiger charge is 2.30. The highest BCUT2D eigenvalue weighted by atomic mass is 79.9. The summed E-state index contributed by atoms with van der Waals surface area (Å²) in [5, 5.41) is 5.06. The van der Waals surface area contributed by atoms with Crippen molar-refractivity contribution in [2.75, 3.05) is 5.32 Å². The highest BCUT2D eigenvalue weighted by Crippen LogP contribution is 2.24. The average molecular weight is 287 g/mol. The van der Waals surface area contributed by atoms with Gasteiger partial charge in [0.1, 0.15) is 11.9 Å². The number of nitrogens with one attached hydrogen (secondary N) is 2. The van der Waals surface area contributed by atoms with Crippen LogP contribution in [-0.2, 0) is 9.59 Å². The number of imide groups is 1. The maximum absolute atomic E-state index is 12.8. The van der Waals surface area contributed by atoms with Gasteiger partial charge in [-0.1, -0.05) is 0 Å². The molecule has 1 heterocycles. The van der Waals surface area contributed by atoms with Crippen LogP contribution in [-0.4, -0.2) is 17.9 Å².